The normalized spacial score (nSPS) is 16.4. The first kappa shape index (κ1) is 12.2. The van der Waals surface area contributed by atoms with Gasteiger partial charge in [0, 0.05) is 24.0 Å². The summed E-state index contributed by atoms with van der Waals surface area (Å²) in [7, 11) is 0. The summed E-state index contributed by atoms with van der Waals surface area (Å²) in [6.45, 7) is 3.37. The van der Waals surface area contributed by atoms with Crippen LogP contribution in [0.3, 0.4) is 0 Å². The van der Waals surface area contributed by atoms with E-state index in [0.717, 1.165) is 31.2 Å². The molecule has 19 heavy (non-hydrogen) atoms. The van der Waals surface area contributed by atoms with E-state index in [1.54, 1.807) is 6.20 Å². The van der Waals surface area contributed by atoms with Crippen molar-refractivity contribution in [3.05, 3.63) is 36.5 Å². The van der Waals surface area contributed by atoms with Crippen molar-refractivity contribution in [2.45, 2.75) is 12.8 Å². The molecule has 0 spiro atoms. The first-order valence-corrected chi connectivity index (χ1v) is 6.96. The van der Waals surface area contributed by atoms with Crippen molar-refractivity contribution in [3.63, 3.8) is 0 Å². The van der Waals surface area contributed by atoms with E-state index in [2.05, 4.69) is 45.1 Å². The van der Waals surface area contributed by atoms with Gasteiger partial charge in [-0.2, -0.15) is 5.10 Å². The number of aromatic nitrogens is 2. The van der Waals surface area contributed by atoms with Crippen LogP contribution in [-0.4, -0.2) is 29.8 Å². The van der Waals surface area contributed by atoms with E-state index in [4.69, 9.17) is 0 Å². The van der Waals surface area contributed by atoms with Gasteiger partial charge in [0.15, 0.2) is 0 Å². The molecule has 1 aromatic heterocycles. The second-order valence-corrected chi connectivity index (χ2v) is 5.13. The Morgan fingerprint density at radius 3 is 2.89 bits per heavy atom. The number of anilines is 1. The maximum Gasteiger partial charge on any atom is 0.0650 e. The number of hydrogen-bond donors (Lipinski definition) is 3. The maximum absolute atomic E-state index is 4.00. The number of nitrogens with one attached hydrogen (secondary N) is 3. The molecule has 3 N–H and O–H groups in total. The second-order valence-electron chi connectivity index (χ2n) is 5.13. The van der Waals surface area contributed by atoms with Crippen molar-refractivity contribution in [2.24, 2.45) is 5.92 Å². The fourth-order valence-corrected chi connectivity index (χ4v) is 2.56. The lowest BCUT2D eigenvalue weighted by atomic mass is 9.98. The van der Waals surface area contributed by atoms with E-state index in [1.807, 2.05) is 6.07 Å². The molecule has 100 valence electrons. The Labute approximate surface area is 113 Å². The molecule has 2 aromatic rings. The van der Waals surface area contributed by atoms with Crippen LogP contribution >= 0.6 is 0 Å². The van der Waals surface area contributed by atoms with Crippen molar-refractivity contribution < 1.29 is 0 Å². The third kappa shape index (κ3) is 3.15. The topological polar surface area (TPSA) is 52.7 Å². The molecule has 1 aliphatic heterocycles. The number of rotatable bonds is 4. The van der Waals surface area contributed by atoms with Gasteiger partial charge < -0.3 is 10.6 Å². The molecule has 0 unspecified atom stereocenters. The van der Waals surface area contributed by atoms with Gasteiger partial charge in [0.25, 0.3) is 0 Å². The molecule has 0 aliphatic carbocycles. The highest BCUT2D eigenvalue weighted by Crippen LogP contribution is 2.21. The Morgan fingerprint density at radius 2 is 2.11 bits per heavy atom. The van der Waals surface area contributed by atoms with Crippen LogP contribution in [0.4, 0.5) is 5.69 Å². The van der Waals surface area contributed by atoms with Gasteiger partial charge in [-0.3, -0.25) is 5.10 Å². The molecule has 0 amide bonds. The average Bonchev–Trinajstić information content (AvgIpc) is 3.01. The van der Waals surface area contributed by atoms with Gasteiger partial charge in [0.1, 0.15) is 0 Å². The van der Waals surface area contributed by atoms with Crippen molar-refractivity contribution in [3.8, 4) is 11.3 Å². The summed E-state index contributed by atoms with van der Waals surface area (Å²) < 4.78 is 0. The van der Waals surface area contributed by atoms with Crippen LogP contribution in [0.15, 0.2) is 36.5 Å². The maximum atomic E-state index is 4.00. The van der Waals surface area contributed by atoms with Crippen molar-refractivity contribution in [1.29, 1.82) is 0 Å². The predicted molar refractivity (Wildman–Crippen MR) is 78.1 cm³/mol. The van der Waals surface area contributed by atoms with Gasteiger partial charge in [-0.25, -0.2) is 0 Å². The summed E-state index contributed by atoms with van der Waals surface area (Å²) in [5, 5.41) is 14.0. The lowest BCUT2D eigenvalue weighted by Crippen LogP contribution is -2.31. The van der Waals surface area contributed by atoms with Crippen LogP contribution in [0.25, 0.3) is 11.3 Å². The predicted octanol–water partition coefficient (Wildman–Crippen LogP) is 2.49. The minimum atomic E-state index is 0.789. The molecule has 0 saturated carbocycles. The highest BCUT2D eigenvalue weighted by molar-refractivity contribution is 5.64. The molecule has 0 bridgehead atoms. The zero-order chi connectivity index (χ0) is 12.9. The summed E-state index contributed by atoms with van der Waals surface area (Å²) in [4.78, 5) is 0. The Kier molecular flexibility index (Phi) is 3.79. The standard InChI is InChI=1S/C15H20N4/c1-2-13(15-6-9-18-19-15)10-14(3-1)17-11-12-4-7-16-8-5-12/h1-3,6,9-10,12,16-17H,4-5,7-8,11H2,(H,18,19). The third-order valence-electron chi connectivity index (χ3n) is 3.73. The smallest absolute Gasteiger partial charge is 0.0650 e. The summed E-state index contributed by atoms with van der Waals surface area (Å²) in [5.41, 5.74) is 3.42. The quantitative estimate of drug-likeness (QED) is 0.787. The fourth-order valence-electron chi connectivity index (χ4n) is 2.56. The lowest BCUT2D eigenvalue weighted by molar-refractivity contribution is 0.390. The summed E-state index contributed by atoms with van der Waals surface area (Å²) in [6.07, 6.45) is 4.32. The molecule has 1 aromatic carbocycles. The summed E-state index contributed by atoms with van der Waals surface area (Å²) in [5.74, 6) is 0.789. The average molecular weight is 256 g/mol. The molecule has 0 radical (unpaired) electrons. The van der Waals surface area contributed by atoms with Gasteiger partial charge in [-0.15, -0.1) is 0 Å². The van der Waals surface area contributed by atoms with Gasteiger partial charge in [0.2, 0.25) is 0 Å². The monoisotopic (exact) mass is 256 g/mol. The van der Waals surface area contributed by atoms with Crippen molar-refractivity contribution in [2.75, 3.05) is 25.0 Å². The Hall–Kier alpha value is -1.81. The highest BCUT2D eigenvalue weighted by Gasteiger charge is 2.12. The number of H-pyrrole nitrogens is 1. The molecule has 1 saturated heterocycles. The largest absolute Gasteiger partial charge is 0.385 e. The minimum absolute atomic E-state index is 0.789. The molecular weight excluding hydrogens is 236 g/mol. The van der Waals surface area contributed by atoms with Crippen LogP contribution < -0.4 is 10.6 Å². The SMILES string of the molecule is c1cc(NCC2CCNCC2)cc(-c2ccn[nH]2)c1. The molecule has 1 aliphatic rings. The number of benzene rings is 1. The van der Waals surface area contributed by atoms with Crippen LogP contribution in [0.2, 0.25) is 0 Å². The van der Waals surface area contributed by atoms with E-state index in [0.29, 0.717) is 0 Å². The van der Waals surface area contributed by atoms with Gasteiger partial charge in [-0.1, -0.05) is 12.1 Å². The molecule has 0 atom stereocenters. The Bertz CT molecular complexity index is 501. The second kappa shape index (κ2) is 5.89. The van der Waals surface area contributed by atoms with Crippen LogP contribution in [0, 0.1) is 5.92 Å². The first-order chi connectivity index (χ1) is 9.42. The summed E-state index contributed by atoms with van der Waals surface area (Å²) >= 11 is 0. The Morgan fingerprint density at radius 1 is 1.21 bits per heavy atom. The molecule has 1 fully saturated rings. The molecular formula is C15H20N4. The summed E-state index contributed by atoms with van der Waals surface area (Å²) in [6, 6.07) is 10.5. The zero-order valence-electron chi connectivity index (χ0n) is 11.0. The molecule has 4 heteroatoms. The zero-order valence-corrected chi connectivity index (χ0v) is 11.0. The van der Waals surface area contributed by atoms with Gasteiger partial charge in [-0.05, 0) is 50.0 Å². The van der Waals surface area contributed by atoms with Gasteiger partial charge >= 0.3 is 0 Å². The van der Waals surface area contributed by atoms with Crippen LogP contribution in [0.1, 0.15) is 12.8 Å². The number of aromatic amines is 1. The molecule has 4 nitrogen and oxygen atoms in total. The van der Waals surface area contributed by atoms with Gasteiger partial charge in [0.05, 0.1) is 5.69 Å². The number of piperidine rings is 1. The first-order valence-electron chi connectivity index (χ1n) is 6.96. The third-order valence-corrected chi connectivity index (χ3v) is 3.73. The van der Waals surface area contributed by atoms with E-state index < -0.39 is 0 Å². The number of nitrogens with zero attached hydrogens (tertiary/aromatic N) is 1. The van der Waals surface area contributed by atoms with E-state index >= 15 is 0 Å². The van der Waals surface area contributed by atoms with E-state index in [1.165, 1.54) is 24.1 Å². The molecule has 2 heterocycles. The minimum Gasteiger partial charge on any atom is -0.385 e. The molecule has 3 rings (SSSR count). The Balaban J connectivity index is 1.63. The van der Waals surface area contributed by atoms with Crippen LogP contribution in [0.5, 0.6) is 0 Å². The van der Waals surface area contributed by atoms with Crippen LogP contribution in [-0.2, 0) is 0 Å². The van der Waals surface area contributed by atoms with E-state index in [9.17, 15) is 0 Å². The van der Waals surface area contributed by atoms with Crippen molar-refractivity contribution in [1.82, 2.24) is 15.5 Å². The van der Waals surface area contributed by atoms with Crippen molar-refractivity contribution >= 4 is 5.69 Å². The lowest BCUT2D eigenvalue weighted by Gasteiger charge is -2.23. The van der Waals surface area contributed by atoms with E-state index in [-0.39, 0.29) is 0 Å². The number of hydrogen-bond acceptors (Lipinski definition) is 3. The highest BCUT2D eigenvalue weighted by atomic mass is 15.1. The fraction of sp³-hybridized carbons (Fsp3) is 0.400.